The van der Waals surface area contributed by atoms with E-state index >= 15 is 0 Å². The van der Waals surface area contributed by atoms with Gasteiger partial charge in [0.2, 0.25) is 0 Å². The Morgan fingerprint density at radius 2 is 1.79 bits per heavy atom. The molecular formula is C20H21F3IN3O6. The lowest BCUT2D eigenvalue weighted by atomic mass is 10.1. The van der Waals surface area contributed by atoms with E-state index in [4.69, 9.17) is 15.6 Å². The molecule has 0 aliphatic carbocycles. The Balaban J connectivity index is 0.000000675. The Morgan fingerprint density at radius 3 is 2.30 bits per heavy atom. The van der Waals surface area contributed by atoms with Crippen LogP contribution >= 0.6 is 22.6 Å². The lowest BCUT2D eigenvalue weighted by Gasteiger charge is -2.14. The van der Waals surface area contributed by atoms with Crippen molar-refractivity contribution in [1.82, 2.24) is 9.88 Å². The largest absolute Gasteiger partial charge is 0.490 e. The van der Waals surface area contributed by atoms with Crippen LogP contribution in [0.3, 0.4) is 0 Å². The second-order valence-corrected chi connectivity index (χ2v) is 7.83. The van der Waals surface area contributed by atoms with Crippen molar-refractivity contribution in [2.24, 2.45) is 5.73 Å². The average molecular weight is 583 g/mol. The van der Waals surface area contributed by atoms with Crippen molar-refractivity contribution in [2.45, 2.75) is 31.6 Å². The fourth-order valence-corrected chi connectivity index (χ4v) is 3.09. The molecule has 0 saturated heterocycles. The van der Waals surface area contributed by atoms with Gasteiger partial charge in [0.05, 0.1) is 6.54 Å². The van der Waals surface area contributed by atoms with Gasteiger partial charge in [0.25, 0.3) is 11.5 Å². The van der Waals surface area contributed by atoms with Crippen molar-refractivity contribution in [3.63, 3.8) is 0 Å². The molecule has 2 rings (SSSR count). The maximum absolute atomic E-state index is 12.6. The van der Waals surface area contributed by atoms with E-state index in [1.54, 1.807) is 12.3 Å². The van der Waals surface area contributed by atoms with Gasteiger partial charge in [0.15, 0.2) is 0 Å². The van der Waals surface area contributed by atoms with E-state index in [2.05, 4.69) is 27.9 Å². The van der Waals surface area contributed by atoms with E-state index in [1.807, 2.05) is 24.3 Å². The summed E-state index contributed by atoms with van der Waals surface area (Å²) in [6, 6.07) is 9.61. The number of hydrogen-bond acceptors (Lipinski definition) is 5. The quantitative estimate of drug-likeness (QED) is 0.348. The number of amides is 1. The van der Waals surface area contributed by atoms with Crippen molar-refractivity contribution < 1.29 is 37.8 Å². The molecule has 0 aliphatic heterocycles. The molecule has 0 radical (unpaired) electrons. The summed E-state index contributed by atoms with van der Waals surface area (Å²) in [6.07, 6.45) is -2.81. The van der Waals surface area contributed by atoms with Crippen LogP contribution in [0.25, 0.3) is 0 Å². The van der Waals surface area contributed by atoms with Crippen LogP contribution in [0.5, 0.6) is 0 Å². The first-order valence-corrected chi connectivity index (χ1v) is 10.4. The molecule has 0 bridgehead atoms. The van der Waals surface area contributed by atoms with Crippen LogP contribution in [-0.4, -0.2) is 51.4 Å². The molecule has 0 spiro atoms. The highest BCUT2D eigenvalue weighted by molar-refractivity contribution is 14.1. The molecule has 1 amide bonds. The number of carboxylic acid groups (broad SMARTS) is 2. The summed E-state index contributed by atoms with van der Waals surface area (Å²) < 4.78 is 34.2. The first kappa shape index (κ1) is 28.1. The SMILES string of the molecule is NCCC[C@H](NC(=O)c1cccn(Cc2cccc(I)c2)c1=O)C(=O)O.O=C(O)C(F)(F)F. The summed E-state index contributed by atoms with van der Waals surface area (Å²) >= 11 is 2.19. The molecule has 1 aromatic carbocycles. The molecule has 1 atom stereocenters. The van der Waals surface area contributed by atoms with E-state index < -0.39 is 35.6 Å². The summed E-state index contributed by atoms with van der Waals surface area (Å²) in [5, 5.41) is 18.7. The minimum absolute atomic E-state index is 0.0860. The zero-order valence-corrected chi connectivity index (χ0v) is 19.2. The summed E-state index contributed by atoms with van der Waals surface area (Å²) in [5.74, 6) is -4.61. The number of aliphatic carboxylic acids is 2. The normalized spacial score (nSPS) is 11.7. The van der Waals surface area contributed by atoms with Crippen molar-refractivity contribution in [1.29, 1.82) is 0 Å². The lowest BCUT2D eigenvalue weighted by molar-refractivity contribution is -0.192. The van der Waals surface area contributed by atoms with Crippen molar-refractivity contribution in [3.05, 3.63) is 67.6 Å². The maximum Gasteiger partial charge on any atom is 0.490 e. The van der Waals surface area contributed by atoms with E-state index in [0.29, 0.717) is 19.5 Å². The summed E-state index contributed by atoms with van der Waals surface area (Å²) in [5.41, 5.74) is 5.77. The van der Waals surface area contributed by atoms with Gasteiger partial charge in [0, 0.05) is 9.77 Å². The molecule has 0 unspecified atom stereocenters. The predicted molar refractivity (Wildman–Crippen MR) is 120 cm³/mol. The first-order valence-electron chi connectivity index (χ1n) is 9.34. The number of alkyl halides is 3. The number of halogens is 4. The number of aromatic nitrogens is 1. The average Bonchev–Trinajstić information content (AvgIpc) is 2.72. The number of nitrogens with one attached hydrogen (secondary N) is 1. The molecule has 180 valence electrons. The minimum atomic E-state index is -5.08. The van der Waals surface area contributed by atoms with Crippen LogP contribution in [-0.2, 0) is 16.1 Å². The standard InChI is InChI=1S/C18H20IN3O4.C2HF3O2/c19-13-5-1-4-12(10-13)11-22-9-3-6-14(17(22)24)16(23)21-15(18(25)26)7-2-8-20;3-2(4,5)1(6)7/h1,3-6,9-10,15H,2,7-8,11,20H2,(H,21,23)(H,25,26);(H,6,7)/t15-;/m0./s1. The van der Waals surface area contributed by atoms with Gasteiger partial charge in [-0.2, -0.15) is 13.2 Å². The van der Waals surface area contributed by atoms with Gasteiger partial charge in [0.1, 0.15) is 11.6 Å². The van der Waals surface area contributed by atoms with E-state index in [0.717, 1.165) is 9.13 Å². The van der Waals surface area contributed by atoms with Crippen LogP contribution in [0.4, 0.5) is 13.2 Å². The fraction of sp³-hybridized carbons (Fsp3) is 0.300. The molecule has 0 saturated carbocycles. The topological polar surface area (TPSA) is 152 Å². The number of carbonyl (C=O) groups is 3. The molecule has 9 nitrogen and oxygen atoms in total. The van der Waals surface area contributed by atoms with E-state index in [1.165, 1.54) is 10.6 Å². The molecule has 33 heavy (non-hydrogen) atoms. The van der Waals surface area contributed by atoms with Gasteiger partial charge < -0.3 is 25.8 Å². The second kappa shape index (κ2) is 12.9. The number of benzene rings is 1. The van der Waals surface area contributed by atoms with Gasteiger partial charge in [-0.05, 0) is 71.8 Å². The summed E-state index contributed by atoms with van der Waals surface area (Å²) in [7, 11) is 0. The highest BCUT2D eigenvalue weighted by atomic mass is 127. The molecule has 1 aromatic heterocycles. The monoisotopic (exact) mass is 583 g/mol. The number of nitrogens with zero attached hydrogens (tertiary/aromatic N) is 1. The number of rotatable bonds is 8. The second-order valence-electron chi connectivity index (χ2n) is 6.58. The maximum atomic E-state index is 12.6. The zero-order chi connectivity index (χ0) is 25.2. The van der Waals surface area contributed by atoms with Gasteiger partial charge in [-0.3, -0.25) is 9.59 Å². The third-order valence-corrected chi connectivity index (χ3v) is 4.72. The summed E-state index contributed by atoms with van der Waals surface area (Å²) in [6.45, 7) is 0.653. The molecule has 13 heteroatoms. The highest BCUT2D eigenvalue weighted by Gasteiger charge is 2.38. The van der Waals surface area contributed by atoms with Crippen LogP contribution < -0.4 is 16.6 Å². The van der Waals surface area contributed by atoms with Gasteiger partial charge >= 0.3 is 18.1 Å². The molecule has 0 aliphatic rings. The third kappa shape index (κ3) is 9.61. The first-order chi connectivity index (χ1) is 15.4. The zero-order valence-electron chi connectivity index (χ0n) is 17.0. The predicted octanol–water partition coefficient (Wildman–Crippen LogP) is 2.06. The number of pyridine rings is 1. The van der Waals surface area contributed by atoms with Crippen molar-refractivity contribution >= 4 is 40.4 Å². The van der Waals surface area contributed by atoms with Crippen molar-refractivity contribution in [3.8, 4) is 0 Å². The molecule has 2 aromatic rings. The Morgan fingerprint density at radius 1 is 1.15 bits per heavy atom. The Labute approximate surface area is 199 Å². The van der Waals surface area contributed by atoms with Crippen LogP contribution in [0.2, 0.25) is 0 Å². The van der Waals surface area contributed by atoms with Gasteiger partial charge in [-0.1, -0.05) is 12.1 Å². The Bertz CT molecular complexity index is 1040. The Kier molecular flexibility index (Phi) is 11.0. The Hall–Kier alpha value is -2.94. The fourth-order valence-electron chi connectivity index (χ4n) is 2.48. The van der Waals surface area contributed by atoms with Crippen LogP contribution in [0.15, 0.2) is 47.4 Å². The number of nitrogens with two attached hydrogens (primary N) is 1. The third-order valence-electron chi connectivity index (χ3n) is 4.05. The summed E-state index contributed by atoms with van der Waals surface area (Å²) in [4.78, 5) is 45.1. The van der Waals surface area contributed by atoms with Crippen LogP contribution in [0, 0.1) is 3.57 Å². The number of hydrogen-bond donors (Lipinski definition) is 4. The minimum Gasteiger partial charge on any atom is -0.480 e. The molecule has 5 N–H and O–H groups in total. The smallest absolute Gasteiger partial charge is 0.480 e. The number of carboxylic acids is 2. The highest BCUT2D eigenvalue weighted by Crippen LogP contribution is 2.13. The van der Waals surface area contributed by atoms with E-state index in [-0.39, 0.29) is 12.0 Å². The van der Waals surface area contributed by atoms with Crippen LogP contribution in [0.1, 0.15) is 28.8 Å². The molecule has 0 fully saturated rings. The van der Waals surface area contributed by atoms with E-state index in [9.17, 15) is 32.7 Å². The van der Waals surface area contributed by atoms with Gasteiger partial charge in [-0.25, -0.2) is 9.59 Å². The van der Waals surface area contributed by atoms with Crippen molar-refractivity contribution in [2.75, 3.05) is 6.54 Å². The number of carbonyl (C=O) groups excluding carboxylic acids is 1. The molecule has 1 heterocycles. The molecular weight excluding hydrogens is 562 g/mol. The lowest BCUT2D eigenvalue weighted by Crippen LogP contribution is -2.43. The van der Waals surface area contributed by atoms with Gasteiger partial charge in [-0.15, -0.1) is 0 Å².